The van der Waals surface area contributed by atoms with Gasteiger partial charge in [0.1, 0.15) is 5.82 Å². The molecule has 0 aliphatic heterocycles. The first-order valence-corrected chi connectivity index (χ1v) is 4.84. The van der Waals surface area contributed by atoms with Crippen LogP contribution in [0.3, 0.4) is 0 Å². The molecule has 5 heteroatoms. The Morgan fingerprint density at radius 1 is 1.53 bits per heavy atom. The zero-order valence-corrected chi connectivity index (χ0v) is 8.65. The molecule has 1 heterocycles. The van der Waals surface area contributed by atoms with Crippen molar-refractivity contribution in [1.82, 2.24) is 9.97 Å². The van der Waals surface area contributed by atoms with E-state index in [-0.39, 0.29) is 5.95 Å². The third kappa shape index (κ3) is 4.97. The van der Waals surface area contributed by atoms with E-state index in [2.05, 4.69) is 21.9 Å². The summed E-state index contributed by atoms with van der Waals surface area (Å²) in [5.74, 6) is 0.988. The van der Waals surface area contributed by atoms with Crippen LogP contribution >= 0.6 is 0 Å². The van der Waals surface area contributed by atoms with Gasteiger partial charge in [-0.2, -0.15) is 4.98 Å². The lowest BCUT2D eigenvalue weighted by atomic mass is 10.4. The van der Waals surface area contributed by atoms with Crippen molar-refractivity contribution in [1.29, 1.82) is 0 Å². The van der Waals surface area contributed by atoms with E-state index >= 15 is 0 Å². The van der Waals surface area contributed by atoms with E-state index < -0.39 is 0 Å². The van der Waals surface area contributed by atoms with Crippen molar-refractivity contribution in [3.05, 3.63) is 24.9 Å². The van der Waals surface area contributed by atoms with Crippen molar-refractivity contribution in [2.45, 2.75) is 6.42 Å². The maximum atomic E-state index is 5.42. The van der Waals surface area contributed by atoms with Gasteiger partial charge in [-0.05, 0) is 12.5 Å². The number of nitrogens with zero attached hydrogens (tertiary/aromatic N) is 2. The predicted molar refractivity (Wildman–Crippen MR) is 60.6 cm³/mol. The fourth-order valence-corrected chi connectivity index (χ4v) is 0.992. The number of nitrogens with two attached hydrogens (primary N) is 1. The molecule has 82 valence electrons. The van der Waals surface area contributed by atoms with Gasteiger partial charge in [-0.25, -0.2) is 4.98 Å². The number of hydrogen-bond donors (Lipinski definition) is 2. The molecule has 0 bridgehead atoms. The molecule has 1 aromatic rings. The summed E-state index contributed by atoms with van der Waals surface area (Å²) in [7, 11) is 0. The van der Waals surface area contributed by atoms with Crippen molar-refractivity contribution in [2.75, 3.05) is 30.8 Å². The van der Waals surface area contributed by atoms with Gasteiger partial charge in [-0.1, -0.05) is 6.08 Å². The molecule has 1 rings (SSSR count). The molecule has 0 fully saturated rings. The third-order valence-corrected chi connectivity index (χ3v) is 1.69. The molecule has 0 aliphatic rings. The molecular weight excluding hydrogens is 192 g/mol. The standard InChI is InChI=1S/C10H16N4O/c1-2-3-7-15-8-6-12-9-4-5-13-10(11)14-9/h2,4-5H,1,3,6-8H2,(H3,11,12,13,14). The summed E-state index contributed by atoms with van der Waals surface area (Å²) < 4.78 is 5.32. The van der Waals surface area contributed by atoms with Crippen LogP contribution in [0, 0.1) is 0 Å². The van der Waals surface area contributed by atoms with Gasteiger partial charge in [0, 0.05) is 12.7 Å². The molecule has 0 aromatic carbocycles. The summed E-state index contributed by atoms with van der Waals surface area (Å²) in [5.41, 5.74) is 5.42. The highest BCUT2D eigenvalue weighted by Crippen LogP contribution is 2.01. The molecule has 1 aromatic heterocycles. The third-order valence-electron chi connectivity index (χ3n) is 1.69. The molecule has 0 unspecified atom stereocenters. The lowest BCUT2D eigenvalue weighted by molar-refractivity contribution is 0.149. The predicted octanol–water partition coefficient (Wildman–Crippen LogP) is 1.06. The highest BCUT2D eigenvalue weighted by Gasteiger charge is 1.94. The summed E-state index contributed by atoms with van der Waals surface area (Å²) in [6.07, 6.45) is 4.32. The molecule has 5 nitrogen and oxygen atoms in total. The molecule has 0 saturated carbocycles. The second-order valence-electron chi connectivity index (χ2n) is 2.92. The SMILES string of the molecule is C=CCCOCCNc1ccnc(N)n1. The van der Waals surface area contributed by atoms with Crippen LogP contribution < -0.4 is 11.1 Å². The summed E-state index contributed by atoms with van der Waals surface area (Å²) in [5, 5.41) is 3.08. The van der Waals surface area contributed by atoms with Gasteiger partial charge in [0.2, 0.25) is 5.95 Å². The number of ether oxygens (including phenoxy) is 1. The number of hydrogen-bond acceptors (Lipinski definition) is 5. The zero-order chi connectivity index (χ0) is 10.9. The van der Waals surface area contributed by atoms with Crippen LogP contribution in [0.1, 0.15) is 6.42 Å². The highest BCUT2D eigenvalue weighted by molar-refractivity contribution is 5.37. The smallest absolute Gasteiger partial charge is 0.221 e. The normalized spacial score (nSPS) is 9.87. The molecule has 0 radical (unpaired) electrons. The van der Waals surface area contributed by atoms with Gasteiger partial charge in [0.05, 0.1) is 13.2 Å². The van der Waals surface area contributed by atoms with Gasteiger partial charge in [-0.15, -0.1) is 6.58 Å². The van der Waals surface area contributed by atoms with Crippen molar-refractivity contribution < 1.29 is 4.74 Å². The molecule has 0 amide bonds. The van der Waals surface area contributed by atoms with E-state index in [1.807, 2.05) is 6.08 Å². The molecule has 0 atom stereocenters. The summed E-state index contributed by atoms with van der Waals surface area (Å²) in [6.45, 7) is 5.65. The molecule has 3 N–H and O–H groups in total. The summed E-state index contributed by atoms with van der Waals surface area (Å²) >= 11 is 0. The van der Waals surface area contributed by atoms with Crippen LogP contribution in [0.4, 0.5) is 11.8 Å². The fraction of sp³-hybridized carbons (Fsp3) is 0.400. The Bertz CT molecular complexity index is 303. The van der Waals surface area contributed by atoms with E-state index in [0.717, 1.165) is 12.2 Å². The van der Waals surface area contributed by atoms with Crippen LogP contribution in [-0.4, -0.2) is 29.7 Å². The lowest BCUT2D eigenvalue weighted by Gasteiger charge is -2.05. The average molecular weight is 208 g/mol. The van der Waals surface area contributed by atoms with Crippen LogP contribution in [0.5, 0.6) is 0 Å². The molecular formula is C10H16N4O. The monoisotopic (exact) mass is 208 g/mol. The van der Waals surface area contributed by atoms with E-state index in [4.69, 9.17) is 10.5 Å². The molecule has 0 saturated heterocycles. The molecule has 0 aliphatic carbocycles. The molecule has 15 heavy (non-hydrogen) atoms. The van der Waals surface area contributed by atoms with Crippen LogP contribution in [-0.2, 0) is 4.74 Å². The second-order valence-corrected chi connectivity index (χ2v) is 2.92. The van der Waals surface area contributed by atoms with Crippen molar-refractivity contribution in [3.8, 4) is 0 Å². The zero-order valence-electron chi connectivity index (χ0n) is 8.65. The van der Waals surface area contributed by atoms with Gasteiger partial charge < -0.3 is 15.8 Å². The fourth-order valence-electron chi connectivity index (χ4n) is 0.992. The first-order chi connectivity index (χ1) is 7.33. The Labute approximate surface area is 89.4 Å². The molecule has 0 spiro atoms. The minimum Gasteiger partial charge on any atom is -0.379 e. The Morgan fingerprint density at radius 2 is 2.40 bits per heavy atom. The Hall–Kier alpha value is -1.62. The van der Waals surface area contributed by atoms with Gasteiger partial charge in [0.25, 0.3) is 0 Å². The highest BCUT2D eigenvalue weighted by atomic mass is 16.5. The van der Waals surface area contributed by atoms with E-state index in [0.29, 0.717) is 19.8 Å². The topological polar surface area (TPSA) is 73.1 Å². The average Bonchev–Trinajstić information content (AvgIpc) is 2.23. The Kier molecular flexibility index (Phi) is 5.18. The van der Waals surface area contributed by atoms with Crippen LogP contribution in [0.15, 0.2) is 24.9 Å². The summed E-state index contributed by atoms with van der Waals surface area (Å²) in [4.78, 5) is 7.78. The van der Waals surface area contributed by atoms with Crippen LogP contribution in [0.25, 0.3) is 0 Å². The van der Waals surface area contributed by atoms with Gasteiger partial charge in [0.15, 0.2) is 0 Å². The van der Waals surface area contributed by atoms with E-state index in [1.165, 1.54) is 0 Å². The van der Waals surface area contributed by atoms with Gasteiger partial charge >= 0.3 is 0 Å². The van der Waals surface area contributed by atoms with Crippen molar-refractivity contribution in [3.63, 3.8) is 0 Å². The second kappa shape index (κ2) is 6.78. The van der Waals surface area contributed by atoms with Crippen molar-refractivity contribution >= 4 is 11.8 Å². The van der Waals surface area contributed by atoms with Crippen LogP contribution in [0.2, 0.25) is 0 Å². The maximum absolute atomic E-state index is 5.42. The number of nitrogen functional groups attached to an aromatic ring is 1. The minimum absolute atomic E-state index is 0.271. The lowest BCUT2D eigenvalue weighted by Crippen LogP contribution is -2.11. The quantitative estimate of drug-likeness (QED) is 0.518. The first-order valence-electron chi connectivity index (χ1n) is 4.84. The van der Waals surface area contributed by atoms with E-state index in [9.17, 15) is 0 Å². The first kappa shape index (κ1) is 11.5. The summed E-state index contributed by atoms with van der Waals surface area (Å²) in [6, 6.07) is 1.76. The Balaban J connectivity index is 2.12. The number of nitrogens with one attached hydrogen (secondary N) is 1. The number of aromatic nitrogens is 2. The Morgan fingerprint density at radius 3 is 3.13 bits per heavy atom. The van der Waals surface area contributed by atoms with E-state index in [1.54, 1.807) is 12.3 Å². The van der Waals surface area contributed by atoms with Gasteiger partial charge in [-0.3, -0.25) is 0 Å². The minimum atomic E-state index is 0.271. The van der Waals surface area contributed by atoms with Crippen molar-refractivity contribution in [2.24, 2.45) is 0 Å². The number of anilines is 2. The number of rotatable bonds is 7. The largest absolute Gasteiger partial charge is 0.379 e. The maximum Gasteiger partial charge on any atom is 0.221 e.